The maximum absolute atomic E-state index is 12.0. The van der Waals surface area contributed by atoms with Gasteiger partial charge in [-0.15, -0.1) is 16.4 Å². The van der Waals surface area contributed by atoms with Gasteiger partial charge in [0.2, 0.25) is 11.8 Å². The van der Waals surface area contributed by atoms with Crippen LogP contribution in [0.15, 0.2) is 41.8 Å². The molecule has 0 bridgehead atoms. The van der Waals surface area contributed by atoms with Gasteiger partial charge < -0.3 is 15.2 Å². The van der Waals surface area contributed by atoms with Crippen LogP contribution in [-0.4, -0.2) is 23.3 Å². The summed E-state index contributed by atoms with van der Waals surface area (Å²) in [5.41, 5.74) is 9.29. The highest BCUT2D eigenvalue weighted by Gasteiger charge is 2.55. The third-order valence-electron chi connectivity index (χ3n) is 6.78. The fourth-order valence-electron chi connectivity index (χ4n) is 5.10. The molecule has 1 aliphatic heterocycles. The number of nitriles is 2. The second kappa shape index (κ2) is 8.05. The predicted octanol–water partition coefficient (Wildman–Crippen LogP) is 4.28. The van der Waals surface area contributed by atoms with Crippen LogP contribution < -0.4 is 10.5 Å². The Balaban J connectivity index is 1.80. The number of nitrogens with zero attached hydrogens (tertiary/aromatic N) is 3. The Kier molecular flexibility index (Phi) is 5.15. The van der Waals surface area contributed by atoms with Crippen molar-refractivity contribution < 1.29 is 14.3 Å². The molecule has 3 aromatic rings. The van der Waals surface area contributed by atoms with E-state index in [9.17, 15) is 15.3 Å². The molecule has 0 amide bonds. The first-order chi connectivity index (χ1) is 16.4. The lowest BCUT2D eigenvalue weighted by Gasteiger charge is -2.47. The number of H-pyrrole nitrogens is 1. The standard InChI is InChI=1S/C25H21N5O3S/c1-13-21-23(30-29-13)33-22(28)18(12-27)25(21,16-4-3-5-16)17-9-14(11-26)8-15(10-17)19-6-7-20(34-19)24(31)32-2/h6-10,16H,3-5,28H2,1-2H3,(H,29,30). The molecule has 1 unspecified atom stereocenters. The van der Waals surface area contributed by atoms with E-state index in [1.807, 2.05) is 25.1 Å². The fraction of sp³-hybridized carbons (Fsp3) is 0.280. The number of thiophene rings is 1. The first kappa shape index (κ1) is 21.7. The van der Waals surface area contributed by atoms with E-state index in [0.717, 1.165) is 46.5 Å². The molecule has 1 aromatic carbocycles. The largest absolute Gasteiger partial charge is 0.465 e. The van der Waals surface area contributed by atoms with Gasteiger partial charge in [0.25, 0.3) is 0 Å². The van der Waals surface area contributed by atoms with Crippen molar-refractivity contribution in [2.45, 2.75) is 31.6 Å². The molecule has 0 radical (unpaired) electrons. The molecule has 3 heterocycles. The number of rotatable bonds is 4. The Morgan fingerprint density at radius 2 is 2.09 bits per heavy atom. The molecule has 1 atom stereocenters. The summed E-state index contributed by atoms with van der Waals surface area (Å²) in [7, 11) is 1.34. The van der Waals surface area contributed by atoms with E-state index >= 15 is 0 Å². The SMILES string of the molecule is COC(=O)c1ccc(-c2cc(C#N)cc(C3(C4CCC4)C(C#N)=C(N)Oc4n[nH]c(C)c43)c2)s1. The number of allylic oxidation sites excluding steroid dienone is 1. The Morgan fingerprint density at radius 3 is 2.74 bits per heavy atom. The molecule has 2 aromatic heterocycles. The summed E-state index contributed by atoms with van der Waals surface area (Å²) in [6.45, 7) is 1.90. The van der Waals surface area contributed by atoms with E-state index in [-0.39, 0.29) is 11.8 Å². The zero-order valence-corrected chi connectivity index (χ0v) is 19.5. The monoisotopic (exact) mass is 471 g/mol. The number of carbonyl (C=O) groups excluding carboxylic acids is 1. The first-order valence-electron chi connectivity index (χ1n) is 10.8. The van der Waals surface area contributed by atoms with Crippen molar-refractivity contribution in [2.24, 2.45) is 11.7 Å². The fourth-order valence-corrected chi connectivity index (χ4v) is 6.01. The molecular weight excluding hydrogens is 450 g/mol. The van der Waals surface area contributed by atoms with Crippen LogP contribution >= 0.6 is 11.3 Å². The van der Waals surface area contributed by atoms with Crippen LogP contribution in [-0.2, 0) is 10.2 Å². The van der Waals surface area contributed by atoms with Crippen LogP contribution in [0.5, 0.6) is 5.88 Å². The number of nitrogens with two attached hydrogens (primary N) is 1. The van der Waals surface area contributed by atoms with Crippen LogP contribution in [0.4, 0.5) is 0 Å². The third kappa shape index (κ3) is 3.01. The molecular formula is C25H21N5O3S. The van der Waals surface area contributed by atoms with Crippen molar-refractivity contribution in [3.63, 3.8) is 0 Å². The number of benzene rings is 1. The average Bonchev–Trinajstić information content (AvgIpc) is 3.44. The number of esters is 1. The van der Waals surface area contributed by atoms with E-state index < -0.39 is 11.4 Å². The Morgan fingerprint density at radius 1 is 1.29 bits per heavy atom. The smallest absolute Gasteiger partial charge is 0.348 e. The number of aromatic nitrogens is 2. The van der Waals surface area contributed by atoms with Crippen molar-refractivity contribution in [2.75, 3.05) is 7.11 Å². The highest BCUT2D eigenvalue weighted by Crippen LogP contribution is 2.58. The van der Waals surface area contributed by atoms with Crippen molar-refractivity contribution in [1.82, 2.24) is 10.2 Å². The molecule has 1 saturated carbocycles. The summed E-state index contributed by atoms with van der Waals surface area (Å²) in [5.74, 6) is 0.0650. The second-order valence-corrected chi connectivity index (χ2v) is 9.57. The number of ether oxygens (including phenoxy) is 2. The molecule has 34 heavy (non-hydrogen) atoms. The molecule has 9 heteroatoms. The maximum Gasteiger partial charge on any atom is 0.348 e. The summed E-state index contributed by atoms with van der Waals surface area (Å²) < 4.78 is 10.6. The summed E-state index contributed by atoms with van der Waals surface area (Å²) in [6.07, 6.45) is 2.84. The van der Waals surface area contributed by atoms with E-state index in [1.54, 1.807) is 12.1 Å². The highest BCUT2D eigenvalue weighted by atomic mass is 32.1. The van der Waals surface area contributed by atoms with E-state index in [4.69, 9.17) is 15.2 Å². The van der Waals surface area contributed by atoms with Crippen molar-refractivity contribution in [1.29, 1.82) is 10.5 Å². The molecule has 170 valence electrons. The topological polar surface area (TPSA) is 138 Å². The minimum atomic E-state index is -0.897. The molecule has 8 nitrogen and oxygen atoms in total. The van der Waals surface area contributed by atoms with Crippen LogP contribution in [0.3, 0.4) is 0 Å². The van der Waals surface area contributed by atoms with Crippen LogP contribution in [0.25, 0.3) is 10.4 Å². The van der Waals surface area contributed by atoms with E-state index in [0.29, 0.717) is 21.9 Å². The first-order valence-corrected chi connectivity index (χ1v) is 11.6. The van der Waals surface area contributed by atoms with Gasteiger partial charge in [0.1, 0.15) is 16.5 Å². The lowest BCUT2D eigenvalue weighted by molar-refractivity contribution is 0.0606. The molecule has 5 rings (SSSR count). The van der Waals surface area contributed by atoms with Gasteiger partial charge in [0.15, 0.2) is 0 Å². The second-order valence-electron chi connectivity index (χ2n) is 8.48. The summed E-state index contributed by atoms with van der Waals surface area (Å²) in [6, 6.07) is 13.7. The van der Waals surface area contributed by atoms with Gasteiger partial charge in [0.05, 0.1) is 29.7 Å². The minimum absolute atomic E-state index is 0.0291. The summed E-state index contributed by atoms with van der Waals surface area (Å²) in [4.78, 5) is 13.3. The minimum Gasteiger partial charge on any atom is -0.465 e. The Hall–Kier alpha value is -4.08. The number of hydrogen-bond acceptors (Lipinski definition) is 8. The molecule has 0 spiro atoms. The summed E-state index contributed by atoms with van der Waals surface area (Å²) >= 11 is 1.29. The molecule has 1 aliphatic carbocycles. The third-order valence-corrected chi connectivity index (χ3v) is 7.89. The zero-order valence-electron chi connectivity index (χ0n) is 18.6. The van der Waals surface area contributed by atoms with Gasteiger partial charge >= 0.3 is 5.97 Å². The van der Waals surface area contributed by atoms with Crippen molar-refractivity contribution >= 4 is 17.3 Å². The lowest BCUT2D eigenvalue weighted by Crippen LogP contribution is -2.46. The Labute approximate surface area is 200 Å². The zero-order chi connectivity index (χ0) is 24.0. The quantitative estimate of drug-likeness (QED) is 0.542. The number of carbonyl (C=O) groups is 1. The van der Waals surface area contributed by atoms with Crippen LogP contribution in [0.2, 0.25) is 0 Å². The highest BCUT2D eigenvalue weighted by molar-refractivity contribution is 7.17. The van der Waals surface area contributed by atoms with Crippen LogP contribution in [0, 0.1) is 35.5 Å². The summed E-state index contributed by atoms with van der Waals surface area (Å²) in [5, 5.41) is 27.4. The maximum atomic E-state index is 12.0. The van der Waals surface area contributed by atoms with E-state index in [2.05, 4.69) is 22.3 Å². The van der Waals surface area contributed by atoms with Gasteiger partial charge in [-0.1, -0.05) is 6.42 Å². The van der Waals surface area contributed by atoms with E-state index in [1.165, 1.54) is 18.4 Å². The Bertz CT molecular complexity index is 1430. The van der Waals surface area contributed by atoms with Gasteiger partial charge in [-0.2, -0.15) is 10.5 Å². The molecule has 0 saturated heterocycles. The number of fused-ring (bicyclic) bond motifs is 1. The normalized spacial score (nSPS) is 19.4. The number of nitrogens with one attached hydrogen (secondary N) is 1. The predicted molar refractivity (Wildman–Crippen MR) is 125 cm³/mol. The average molecular weight is 472 g/mol. The van der Waals surface area contributed by atoms with Gasteiger partial charge in [-0.25, -0.2) is 4.79 Å². The number of methoxy groups -OCH3 is 1. The number of aryl methyl sites for hydroxylation is 1. The molecule has 1 fully saturated rings. The van der Waals surface area contributed by atoms with Gasteiger partial charge in [0, 0.05) is 10.6 Å². The van der Waals surface area contributed by atoms with Gasteiger partial charge in [-0.05, 0) is 67.1 Å². The number of aromatic amines is 1. The van der Waals surface area contributed by atoms with Crippen molar-refractivity contribution in [3.05, 3.63) is 69.0 Å². The molecule has 3 N–H and O–H groups in total. The van der Waals surface area contributed by atoms with Crippen molar-refractivity contribution in [3.8, 4) is 28.5 Å². The molecule has 2 aliphatic rings. The lowest BCUT2D eigenvalue weighted by atomic mass is 9.55. The van der Waals surface area contributed by atoms with Crippen LogP contribution in [0.1, 0.15) is 51.3 Å². The number of hydrogen-bond donors (Lipinski definition) is 2. The van der Waals surface area contributed by atoms with Gasteiger partial charge in [-0.3, -0.25) is 5.10 Å².